The predicted molar refractivity (Wildman–Crippen MR) is 69.2 cm³/mol. The van der Waals surface area contributed by atoms with Crippen molar-refractivity contribution in [3.63, 3.8) is 0 Å². The molecule has 0 fully saturated rings. The van der Waals surface area contributed by atoms with Crippen molar-refractivity contribution in [1.29, 1.82) is 0 Å². The molecule has 1 aliphatic rings. The number of fused-ring (bicyclic) bond motifs is 3. The van der Waals surface area contributed by atoms with Crippen LogP contribution < -0.4 is 5.32 Å². The van der Waals surface area contributed by atoms with E-state index in [0.717, 1.165) is 43.8 Å². The SMILES string of the molecule is CCCNCc1noc2c1CCc1sccc1-2. The zero-order valence-electron chi connectivity index (χ0n) is 9.95. The normalized spacial score (nSPS) is 13.5. The lowest BCUT2D eigenvalue weighted by Crippen LogP contribution is -2.15. The molecule has 0 saturated heterocycles. The van der Waals surface area contributed by atoms with Crippen LogP contribution in [0.1, 0.15) is 29.5 Å². The van der Waals surface area contributed by atoms with Gasteiger partial charge in [0.25, 0.3) is 0 Å². The molecule has 0 amide bonds. The first-order valence-corrected chi connectivity index (χ1v) is 7.03. The van der Waals surface area contributed by atoms with E-state index in [1.807, 2.05) is 11.3 Å². The molecule has 2 aromatic rings. The number of aromatic nitrogens is 1. The first kappa shape index (κ1) is 11.0. The maximum Gasteiger partial charge on any atom is 0.171 e. The van der Waals surface area contributed by atoms with Crippen LogP contribution in [-0.2, 0) is 19.4 Å². The van der Waals surface area contributed by atoms with Crippen molar-refractivity contribution in [3.05, 3.63) is 27.6 Å². The number of aryl methyl sites for hydroxylation is 1. The highest BCUT2D eigenvalue weighted by atomic mass is 32.1. The van der Waals surface area contributed by atoms with Crippen molar-refractivity contribution in [3.8, 4) is 11.3 Å². The van der Waals surface area contributed by atoms with Crippen LogP contribution in [0.2, 0.25) is 0 Å². The smallest absolute Gasteiger partial charge is 0.171 e. The van der Waals surface area contributed by atoms with Gasteiger partial charge in [-0.15, -0.1) is 11.3 Å². The number of hydrogen-bond donors (Lipinski definition) is 1. The lowest BCUT2D eigenvalue weighted by atomic mass is 9.96. The van der Waals surface area contributed by atoms with Gasteiger partial charge in [-0.1, -0.05) is 12.1 Å². The molecular weight excluding hydrogens is 232 g/mol. The van der Waals surface area contributed by atoms with E-state index in [9.17, 15) is 0 Å². The molecule has 0 aromatic carbocycles. The van der Waals surface area contributed by atoms with Crippen molar-refractivity contribution in [2.75, 3.05) is 6.54 Å². The van der Waals surface area contributed by atoms with E-state index in [4.69, 9.17) is 4.52 Å². The molecule has 90 valence electrons. The second-order valence-electron chi connectivity index (χ2n) is 4.37. The van der Waals surface area contributed by atoms with Crippen LogP contribution in [0, 0.1) is 0 Å². The Morgan fingerprint density at radius 1 is 1.47 bits per heavy atom. The Labute approximate surface area is 105 Å². The van der Waals surface area contributed by atoms with Crippen LogP contribution in [-0.4, -0.2) is 11.7 Å². The van der Waals surface area contributed by atoms with Gasteiger partial charge < -0.3 is 9.84 Å². The third-order valence-corrected chi connectivity index (χ3v) is 4.16. The minimum absolute atomic E-state index is 0.826. The quantitative estimate of drug-likeness (QED) is 0.845. The molecule has 2 aromatic heterocycles. The molecule has 0 unspecified atom stereocenters. The largest absolute Gasteiger partial charge is 0.356 e. The van der Waals surface area contributed by atoms with Gasteiger partial charge in [0.2, 0.25) is 0 Å². The van der Waals surface area contributed by atoms with E-state index in [-0.39, 0.29) is 0 Å². The van der Waals surface area contributed by atoms with Crippen molar-refractivity contribution < 1.29 is 4.52 Å². The molecule has 0 saturated carbocycles. The Morgan fingerprint density at radius 3 is 3.29 bits per heavy atom. The minimum Gasteiger partial charge on any atom is -0.356 e. The molecule has 4 heteroatoms. The Bertz CT molecular complexity index is 515. The fourth-order valence-corrected chi connectivity index (χ4v) is 3.19. The maximum atomic E-state index is 5.52. The summed E-state index contributed by atoms with van der Waals surface area (Å²) < 4.78 is 5.52. The number of nitrogens with one attached hydrogen (secondary N) is 1. The summed E-state index contributed by atoms with van der Waals surface area (Å²) in [6, 6.07) is 2.15. The van der Waals surface area contributed by atoms with Gasteiger partial charge in [0.1, 0.15) is 5.69 Å². The summed E-state index contributed by atoms with van der Waals surface area (Å²) in [4.78, 5) is 1.43. The number of nitrogens with zero attached hydrogens (tertiary/aromatic N) is 1. The third kappa shape index (κ3) is 1.91. The van der Waals surface area contributed by atoms with E-state index in [1.165, 1.54) is 16.0 Å². The highest BCUT2D eigenvalue weighted by molar-refractivity contribution is 7.10. The van der Waals surface area contributed by atoms with Crippen LogP contribution in [0.15, 0.2) is 16.0 Å². The molecule has 0 atom stereocenters. The number of rotatable bonds is 4. The van der Waals surface area contributed by atoms with Gasteiger partial charge in [0.05, 0.1) is 0 Å². The van der Waals surface area contributed by atoms with Gasteiger partial charge in [-0.3, -0.25) is 0 Å². The molecule has 1 aliphatic carbocycles. The Balaban J connectivity index is 1.87. The molecule has 0 bridgehead atoms. The molecule has 1 N–H and O–H groups in total. The van der Waals surface area contributed by atoms with Crippen molar-refractivity contribution in [2.24, 2.45) is 0 Å². The minimum atomic E-state index is 0.826. The first-order chi connectivity index (χ1) is 8.40. The molecule has 3 rings (SSSR count). The second-order valence-corrected chi connectivity index (χ2v) is 5.37. The average molecular weight is 248 g/mol. The summed E-state index contributed by atoms with van der Waals surface area (Å²) in [6.45, 7) is 4.03. The summed E-state index contributed by atoms with van der Waals surface area (Å²) >= 11 is 1.82. The van der Waals surface area contributed by atoms with Gasteiger partial charge in [-0.2, -0.15) is 0 Å². The topological polar surface area (TPSA) is 38.1 Å². The van der Waals surface area contributed by atoms with Crippen LogP contribution in [0.3, 0.4) is 0 Å². The average Bonchev–Trinajstić information content (AvgIpc) is 2.94. The summed E-state index contributed by atoms with van der Waals surface area (Å²) in [5.41, 5.74) is 3.65. The van der Waals surface area contributed by atoms with Gasteiger partial charge >= 0.3 is 0 Å². The molecule has 2 heterocycles. The zero-order chi connectivity index (χ0) is 11.7. The molecular formula is C13H16N2OS. The van der Waals surface area contributed by atoms with E-state index < -0.39 is 0 Å². The van der Waals surface area contributed by atoms with Crippen LogP contribution in [0.4, 0.5) is 0 Å². The number of thiophene rings is 1. The Hall–Kier alpha value is -1.13. The molecule has 0 radical (unpaired) electrons. The second kappa shape index (κ2) is 4.63. The van der Waals surface area contributed by atoms with Gasteiger partial charge in [-0.25, -0.2) is 0 Å². The molecule has 0 aliphatic heterocycles. The van der Waals surface area contributed by atoms with E-state index in [2.05, 4.69) is 28.8 Å². The van der Waals surface area contributed by atoms with E-state index >= 15 is 0 Å². The van der Waals surface area contributed by atoms with Crippen LogP contribution >= 0.6 is 11.3 Å². The van der Waals surface area contributed by atoms with Crippen molar-refractivity contribution >= 4 is 11.3 Å². The van der Waals surface area contributed by atoms with E-state index in [1.54, 1.807) is 0 Å². The lowest BCUT2D eigenvalue weighted by molar-refractivity contribution is 0.419. The fraction of sp³-hybridized carbons (Fsp3) is 0.462. The maximum absolute atomic E-state index is 5.52. The zero-order valence-corrected chi connectivity index (χ0v) is 10.8. The summed E-state index contributed by atoms with van der Waals surface area (Å²) in [5, 5.41) is 9.74. The van der Waals surface area contributed by atoms with E-state index in [0.29, 0.717) is 0 Å². The molecule has 0 spiro atoms. The highest BCUT2D eigenvalue weighted by Crippen LogP contribution is 2.37. The van der Waals surface area contributed by atoms with Gasteiger partial charge in [-0.05, 0) is 37.3 Å². The Morgan fingerprint density at radius 2 is 2.41 bits per heavy atom. The summed E-state index contributed by atoms with van der Waals surface area (Å²) in [5.74, 6) is 1.00. The van der Waals surface area contributed by atoms with Gasteiger partial charge in [0.15, 0.2) is 5.76 Å². The molecule has 3 nitrogen and oxygen atoms in total. The Kier molecular flexibility index (Phi) is 2.99. The summed E-state index contributed by atoms with van der Waals surface area (Å²) in [7, 11) is 0. The first-order valence-electron chi connectivity index (χ1n) is 6.15. The summed E-state index contributed by atoms with van der Waals surface area (Å²) in [6.07, 6.45) is 3.34. The van der Waals surface area contributed by atoms with Crippen LogP contribution in [0.5, 0.6) is 0 Å². The number of hydrogen-bond acceptors (Lipinski definition) is 4. The monoisotopic (exact) mass is 248 g/mol. The van der Waals surface area contributed by atoms with Crippen molar-refractivity contribution in [1.82, 2.24) is 10.5 Å². The van der Waals surface area contributed by atoms with Crippen molar-refractivity contribution in [2.45, 2.75) is 32.7 Å². The van der Waals surface area contributed by atoms with Crippen LogP contribution in [0.25, 0.3) is 11.3 Å². The standard InChI is InChI=1S/C13H16N2OS/c1-2-6-14-8-11-9-3-4-12-10(5-7-17-12)13(9)16-15-11/h5,7,14H,2-4,6,8H2,1H3. The lowest BCUT2D eigenvalue weighted by Gasteiger charge is -2.10. The molecule has 17 heavy (non-hydrogen) atoms. The third-order valence-electron chi connectivity index (χ3n) is 3.18. The highest BCUT2D eigenvalue weighted by Gasteiger charge is 2.24. The fourth-order valence-electron chi connectivity index (χ4n) is 2.31. The van der Waals surface area contributed by atoms with Gasteiger partial charge in [0, 0.05) is 22.5 Å². The predicted octanol–water partition coefficient (Wildman–Crippen LogP) is 3.00.